The van der Waals surface area contributed by atoms with E-state index in [-0.39, 0.29) is 18.5 Å². The van der Waals surface area contributed by atoms with Gasteiger partial charge in [0.05, 0.1) is 7.11 Å². The molecule has 1 aromatic heterocycles. The first-order chi connectivity index (χ1) is 13.7. The van der Waals surface area contributed by atoms with Crippen molar-refractivity contribution in [2.24, 2.45) is 0 Å². The van der Waals surface area contributed by atoms with E-state index >= 15 is 0 Å². The van der Waals surface area contributed by atoms with Crippen LogP contribution in [0.1, 0.15) is 29.4 Å². The summed E-state index contributed by atoms with van der Waals surface area (Å²) >= 11 is 0. The highest BCUT2D eigenvalue weighted by Gasteiger charge is 2.25. The summed E-state index contributed by atoms with van der Waals surface area (Å²) in [5, 5.41) is 17.0. The van der Waals surface area contributed by atoms with E-state index in [1.165, 1.54) is 12.1 Å². The quantitative estimate of drug-likeness (QED) is 0.686. The molecule has 0 fully saturated rings. The van der Waals surface area contributed by atoms with Crippen LogP contribution in [0.4, 0.5) is 10.3 Å². The fourth-order valence-corrected chi connectivity index (χ4v) is 3.24. The number of anilines is 1. The van der Waals surface area contributed by atoms with E-state index in [9.17, 15) is 4.39 Å². The summed E-state index contributed by atoms with van der Waals surface area (Å²) in [7, 11) is 1.63. The second kappa shape index (κ2) is 7.82. The Kier molecular flexibility index (Phi) is 5.08. The smallest absolute Gasteiger partial charge is 0.226 e. The third kappa shape index (κ3) is 3.61. The molecule has 1 atom stereocenters. The van der Waals surface area contributed by atoms with Gasteiger partial charge < -0.3 is 15.2 Å². The lowest BCUT2D eigenvalue weighted by atomic mass is 10.0. The van der Waals surface area contributed by atoms with Crippen LogP contribution in [0.5, 0.6) is 5.75 Å². The predicted octanol–water partition coefficient (Wildman–Crippen LogP) is 3.41. The highest BCUT2D eigenvalue weighted by Crippen LogP contribution is 2.33. The summed E-state index contributed by atoms with van der Waals surface area (Å²) in [6, 6.07) is 13.9. The number of ether oxygens (including phenoxy) is 1. The molecule has 144 valence electrons. The molecule has 0 radical (unpaired) electrons. The summed E-state index contributed by atoms with van der Waals surface area (Å²) < 4.78 is 20.5. The number of aromatic nitrogens is 3. The van der Waals surface area contributed by atoms with Crippen LogP contribution in [0.15, 0.2) is 54.6 Å². The van der Waals surface area contributed by atoms with Gasteiger partial charge >= 0.3 is 0 Å². The number of rotatable bonds is 6. The van der Waals surface area contributed by atoms with Crippen LogP contribution in [0.25, 0.3) is 5.70 Å². The zero-order valence-electron chi connectivity index (χ0n) is 15.5. The van der Waals surface area contributed by atoms with E-state index in [1.54, 1.807) is 19.2 Å². The summed E-state index contributed by atoms with van der Waals surface area (Å²) in [5.74, 6) is 1.76. The van der Waals surface area contributed by atoms with Crippen molar-refractivity contribution in [1.29, 1.82) is 0 Å². The average molecular weight is 380 g/mol. The minimum absolute atomic E-state index is 0.0930. The third-order valence-corrected chi connectivity index (χ3v) is 4.66. The Balaban J connectivity index is 1.77. The lowest BCUT2D eigenvalue weighted by Crippen LogP contribution is -2.20. The van der Waals surface area contributed by atoms with Crippen LogP contribution < -0.4 is 10.1 Å². The van der Waals surface area contributed by atoms with Gasteiger partial charge in [0, 0.05) is 18.7 Å². The van der Waals surface area contributed by atoms with Gasteiger partial charge in [0.1, 0.15) is 17.6 Å². The van der Waals surface area contributed by atoms with Crippen LogP contribution in [0.2, 0.25) is 0 Å². The largest absolute Gasteiger partial charge is 0.497 e. The molecule has 0 spiro atoms. The zero-order valence-corrected chi connectivity index (χ0v) is 15.5. The van der Waals surface area contributed by atoms with Gasteiger partial charge in [-0.3, -0.25) is 0 Å². The fraction of sp³-hybridized carbons (Fsp3) is 0.238. The minimum atomic E-state index is -0.279. The number of benzene rings is 2. The van der Waals surface area contributed by atoms with Gasteiger partial charge in [0.2, 0.25) is 5.95 Å². The average Bonchev–Trinajstić information content (AvgIpc) is 3.15. The van der Waals surface area contributed by atoms with Gasteiger partial charge in [0.15, 0.2) is 5.82 Å². The Morgan fingerprint density at radius 2 is 2.04 bits per heavy atom. The molecule has 1 unspecified atom stereocenters. The molecule has 0 amide bonds. The fourth-order valence-electron chi connectivity index (χ4n) is 3.24. The molecule has 1 aliphatic rings. The molecule has 2 N–H and O–H groups in total. The number of fused-ring (bicyclic) bond motifs is 1. The molecule has 6 nitrogen and oxygen atoms in total. The van der Waals surface area contributed by atoms with Crippen molar-refractivity contribution in [3.8, 4) is 5.75 Å². The number of aliphatic hydroxyl groups is 1. The first kappa shape index (κ1) is 18.2. The second-order valence-corrected chi connectivity index (χ2v) is 6.56. The number of nitrogens with one attached hydrogen (secondary N) is 1. The molecule has 28 heavy (non-hydrogen) atoms. The summed E-state index contributed by atoms with van der Waals surface area (Å²) in [5.41, 5.74) is 2.70. The van der Waals surface area contributed by atoms with E-state index in [1.807, 2.05) is 35.0 Å². The third-order valence-electron chi connectivity index (χ3n) is 4.66. The lowest BCUT2D eigenvalue weighted by molar-refractivity contribution is 0.287. The summed E-state index contributed by atoms with van der Waals surface area (Å²) in [6.07, 6.45) is 3.24. The zero-order chi connectivity index (χ0) is 19.5. The van der Waals surface area contributed by atoms with Crippen molar-refractivity contribution in [2.75, 3.05) is 19.0 Å². The van der Waals surface area contributed by atoms with Gasteiger partial charge in [-0.05, 0) is 60.0 Å². The number of hydrogen-bond acceptors (Lipinski definition) is 5. The lowest BCUT2D eigenvalue weighted by Gasteiger charge is -2.24. The van der Waals surface area contributed by atoms with Crippen molar-refractivity contribution >= 4 is 11.6 Å². The van der Waals surface area contributed by atoms with Crippen molar-refractivity contribution in [3.05, 3.63) is 77.4 Å². The first-order valence-corrected chi connectivity index (χ1v) is 9.13. The standard InChI is InChI=1S/C21H21FN4O2/c1-28-17-5-2-4-15(12-17)19-13-18(14-7-9-16(22)10-8-14)23-21-24-20(6-3-11-27)25-26(19)21/h2,4-5,7-10,12-13,19,27H,3,6,11H2,1H3,(H,23,24,25). The Morgan fingerprint density at radius 1 is 1.21 bits per heavy atom. The molecule has 7 heteroatoms. The molecular formula is C21H21FN4O2. The number of halogens is 1. The van der Waals surface area contributed by atoms with E-state index in [0.29, 0.717) is 24.6 Å². The Bertz CT molecular complexity index is 998. The van der Waals surface area contributed by atoms with E-state index in [2.05, 4.69) is 15.4 Å². The van der Waals surface area contributed by atoms with Gasteiger partial charge in [-0.15, -0.1) is 0 Å². The Labute approximate surface area is 162 Å². The van der Waals surface area contributed by atoms with Crippen LogP contribution in [0.3, 0.4) is 0 Å². The molecule has 0 saturated heterocycles. The number of hydrogen-bond donors (Lipinski definition) is 2. The Hall–Kier alpha value is -3.19. The van der Waals surface area contributed by atoms with Crippen molar-refractivity contribution < 1.29 is 14.2 Å². The number of allylic oxidation sites excluding steroid dienone is 1. The summed E-state index contributed by atoms with van der Waals surface area (Å²) in [4.78, 5) is 4.58. The first-order valence-electron chi connectivity index (χ1n) is 9.13. The predicted molar refractivity (Wildman–Crippen MR) is 105 cm³/mol. The van der Waals surface area contributed by atoms with Gasteiger partial charge in [-0.25, -0.2) is 9.07 Å². The van der Waals surface area contributed by atoms with Crippen LogP contribution >= 0.6 is 0 Å². The van der Waals surface area contributed by atoms with Crippen LogP contribution in [-0.2, 0) is 6.42 Å². The maximum atomic E-state index is 13.3. The monoisotopic (exact) mass is 380 g/mol. The maximum Gasteiger partial charge on any atom is 0.226 e. The van der Waals surface area contributed by atoms with Crippen LogP contribution in [0, 0.1) is 5.82 Å². The number of methoxy groups -OCH3 is 1. The highest BCUT2D eigenvalue weighted by atomic mass is 19.1. The Morgan fingerprint density at radius 3 is 2.79 bits per heavy atom. The van der Waals surface area contributed by atoms with Crippen LogP contribution in [-0.4, -0.2) is 33.6 Å². The highest BCUT2D eigenvalue weighted by molar-refractivity contribution is 5.77. The summed E-state index contributed by atoms with van der Waals surface area (Å²) in [6.45, 7) is 0.0930. The molecule has 4 rings (SSSR count). The van der Waals surface area contributed by atoms with E-state index < -0.39 is 0 Å². The van der Waals surface area contributed by atoms with Crippen molar-refractivity contribution in [3.63, 3.8) is 0 Å². The normalized spacial score (nSPS) is 15.5. The molecule has 3 aromatic rings. The second-order valence-electron chi connectivity index (χ2n) is 6.56. The van der Waals surface area contributed by atoms with Gasteiger partial charge in [-0.1, -0.05) is 12.1 Å². The molecule has 0 aliphatic carbocycles. The molecule has 2 heterocycles. The molecule has 0 saturated carbocycles. The number of nitrogens with zero attached hydrogens (tertiary/aromatic N) is 3. The maximum absolute atomic E-state index is 13.3. The van der Waals surface area contributed by atoms with Crippen molar-refractivity contribution in [1.82, 2.24) is 14.8 Å². The van der Waals surface area contributed by atoms with Gasteiger partial charge in [0.25, 0.3) is 0 Å². The number of aliphatic hydroxyl groups excluding tert-OH is 1. The molecule has 1 aliphatic heterocycles. The van der Waals surface area contributed by atoms with E-state index in [4.69, 9.17) is 9.84 Å². The topological polar surface area (TPSA) is 72.2 Å². The molecule has 2 aromatic carbocycles. The van der Waals surface area contributed by atoms with Gasteiger partial charge in [-0.2, -0.15) is 10.1 Å². The van der Waals surface area contributed by atoms with E-state index in [0.717, 1.165) is 22.6 Å². The minimum Gasteiger partial charge on any atom is -0.497 e. The number of aryl methyl sites for hydroxylation is 1. The molecular weight excluding hydrogens is 359 g/mol. The SMILES string of the molecule is COc1cccc(C2C=C(c3ccc(F)cc3)Nc3nc(CCCO)nn32)c1. The molecule has 0 bridgehead atoms. The van der Waals surface area contributed by atoms with Crippen molar-refractivity contribution in [2.45, 2.75) is 18.9 Å².